The third-order valence-electron chi connectivity index (χ3n) is 2.78. The van der Waals surface area contributed by atoms with Gasteiger partial charge in [0, 0.05) is 6.42 Å². The molecule has 0 aliphatic heterocycles. The van der Waals surface area contributed by atoms with Crippen LogP contribution in [0.3, 0.4) is 0 Å². The molecule has 0 amide bonds. The first-order valence-corrected chi connectivity index (χ1v) is 6.59. The van der Waals surface area contributed by atoms with Crippen molar-refractivity contribution in [3.8, 4) is 5.75 Å². The van der Waals surface area contributed by atoms with Crippen LogP contribution in [0.4, 0.5) is 13.2 Å². The maximum Gasteiger partial charge on any atom is 0.573 e. The Bertz CT molecular complexity index is 570. The molecular formula is C14H15F3O6. The Kier molecular flexibility index (Phi) is 6.38. The number of halogens is 3. The molecule has 2 N–H and O–H groups in total. The van der Waals surface area contributed by atoms with Gasteiger partial charge in [0.25, 0.3) is 0 Å². The molecule has 0 aliphatic rings. The van der Waals surface area contributed by atoms with E-state index in [0.717, 1.165) is 18.2 Å². The minimum atomic E-state index is -4.91. The lowest BCUT2D eigenvalue weighted by Crippen LogP contribution is -2.18. The fourth-order valence-corrected chi connectivity index (χ4v) is 1.87. The second kappa shape index (κ2) is 7.82. The largest absolute Gasteiger partial charge is 0.573 e. The lowest BCUT2D eigenvalue weighted by molar-refractivity contribution is -0.274. The second-order valence-electron chi connectivity index (χ2n) is 4.45. The van der Waals surface area contributed by atoms with Gasteiger partial charge in [-0.3, -0.25) is 4.79 Å². The summed E-state index contributed by atoms with van der Waals surface area (Å²) < 4.78 is 45.1. The molecule has 0 saturated carbocycles. The molecule has 0 aliphatic carbocycles. The summed E-state index contributed by atoms with van der Waals surface area (Å²) in [6.07, 6.45) is -7.12. The van der Waals surface area contributed by atoms with Gasteiger partial charge in [0.05, 0.1) is 6.61 Å². The average Bonchev–Trinajstić information content (AvgIpc) is 2.43. The van der Waals surface area contributed by atoms with Crippen LogP contribution in [0, 0.1) is 0 Å². The van der Waals surface area contributed by atoms with Crippen molar-refractivity contribution >= 4 is 11.9 Å². The van der Waals surface area contributed by atoms with Crippen LogP contribution in [0.2, 0.25) is 0 Å². The zero-order chi connectivity index (χ0) is 17.6. The van der Waals surface area contributed by atoms with Gasteiger partial charge in [0.2, 0.25) is 0 Å². The van der Waals surface area contributed by atoms with Gasteiger partial charge in [-0.1, -0.05) is 6.07 Å². The van der Waals surface area contributed by atoms with E-state index < -0.39 is 30.2 Å². The van der Waals surface area contributed by atoms with E-state index in [-0.39, 0.29) is 30.6 Å². The number of rotatable bonds is 7. The highest BCUT2D eigenvalue weighted by Crippen LogP contribution is 2.28. The molecule has 0 fully saturated rings. The number of hydrogen-bond acceptors (Lipinski definition) is 5. The maximum atomic E-state index is 12.2. The number of aliphatic hydroxyl groups excluding tert-OH is 1. The average molecular weight is 336 g/mol. The minimum absolute atomic E-state index is 0.0507. The maximum absolute atomic E-state index is 12.2. The van der Waals surface area contributed by atoms with E-state index in [2.05, 4.69) is 4.74 Å². The van der Waals surface area contributed by atoms with Crippen LogP contribution in [0.25, 0.3) is 0 Å². The summed E-state index contributed by atoms with van der Waals surface area (Å²) in [6, 6.07) is 2.84. The molecular weight excluding hydrogens is 321 g/mol. The Labute approximate surface area is 129 Å². The monoisotopic (exact) mass is 336 g/mol. The number of alkyl halides is 3. The van der Waals surface area contributed by atoms with Gasteiger partial charge >= 0.3 is 18.3 Å². The summed E-state index contributed by atoms with van der Waals surface area (Å²) in [4.78, 5) is 22.2. The van der Waals surface area contributed by atoms with Gasteiger partial charge in [0.1, 0.15) is 5.75 Å². The molecule has 1 aromatic rings. The third-order valence-corrected chi connectivity index (χ3v) is 2.78. The van der Waals surface area contributed by atoms with Crippen molar-refractivity contribution in [1.82, 2.24) is 0 Å². The molecule has 1 aromatic carbocycles. The van der Waals surface area contributed by atoms with Gasteiger partial charge in [0.15, 0.2) is 6.10 Å². The van der Waals surface area contributed by atoms with Crippen molar-refractivity contribution < 1.29 is 42.4 Å². The number of carboxylic acids is 1. The van der Waals surface area contributed by atoms with E-state index in [4.69, 9.17) is 9.84 Å². The first kappa shape index (κ1) is 18.8. The van der Waals surface area contributed by atoms with Crippen molar-refractivity contribution in [1.29, 1.82) is 0 Å². The van der Waals surface area contributed by atoms with Crippen LogP contribution >= 0.6 is 0 Å². The van der Waals surface area contributed by atoms with Crippen molar-refractivity contribution in [2.24, 2.45) is 0 Å². The number of esters is 1. The number of ether oxygens (including phenoxy) is 2. The summed E-state index contributed by atoms with van der Waals surface area (Å²) in [7, 11) is 0. The Morgan fingerprint density at radius 2 is 1.96 bits per heavy atom. The van der Waals surface area contributed by atoms with Gasteiger partial charge in [-0.15, -0.1) is 13.2 Å². The second-order valence-corrected chi connectivity index (χ2v) is 4.45. The molecule has 128 valence electrons. The van der Waals surface area contributed by atoms with Crippen LogP contribution in [-0.4, -0.2) is 35.1 Å². The van der Waals surface area contributed by atoms with Gasteiger partial charge in [-0.05, 0) is 36.6 Å². The van der Waals surface area contributed by atoms with Crippen LogP contribution in [-0.2, 0) is 20.7 Å². The van der Waals surface area contributed by atoms with Crippen LogP contribution in [0.15, 0.2) is 18.2 Å². The van der Waals surface area contributed by atoms with E-state index in [0.29, 0.717) is 0 Å². The zero-order valence-electron chi connectivity index (χ0n) is 12.1. The van der Waals surface area contributed by atoms with Crippen molar-refractivity contribution in [3.63, 3.8) is 0 Å². The fourth-order valence-electron chi connectivity index (χ4n) is 1.87. The number of benzene rings is 1. The van der Waals surface area contributed by atoms with Gasteiger partial charge in [-0.2, -0.15) is 0 Å². The molecule has 6 nitrogen and oxygen atoms in total. The van der Waals surface area contributed by atoms with Crippen LogP contribution < -0.4 is 4.74 Å². The number of carboxylic acid groups (broad SMARTS) is 1. The van der Waals surface area contributed by atoms with E-state index >= 15 is 0 Å². The molecule has 0 bridgehead atoms. The Morgan fingerprint density at radius 3 is 2.48 bits per heavy atom. The molecule has 1 rings (SSSR count). The first-order valence-electron chi connectivity index (χ1n) is 6.59. The van der Waals surface area contributed by atoms with E-state index in [9.17, 15) is 27.9 Å². The standard InChI is InChI=1S/C14H15F3O6/c1-2-22-11(18)6-3-8-7-9(23-14(15,16)17)4-5-10(8)12(19)13(20)21/h4-5,7,12,19H,2-3,6H2,1H3,(H,20,21). The fraction of sp³-hybridized carbons (Fsp3) is 0.429. The Morgan fingerprint density at radius 1 is 1.30 bits per heavy atom. The predicted molar refractivity (Wildman–Crippen MR) is 70.7 cm³/mol. The molecule has 0 radical (unpaired) electrons. The summed E-state index contributed by atoms with van der Waals surface area (Å²) in [5.74, 6) is -2.73. The zero-order valence-corrected chi connectivity index (χ0v) is 12.1. The molecule has 1 atom stereocenters. The molecule has 1 unspecified atom stereocenters. The summed E-state index contributed by atoms with van der Waals surface area (Å²) in [6.45, 7) is 1.73. The Hall–Kier alpha value is -2.29. The van der Waals surface area contributed by atoms with E-state index in [1.165, 1.54) is 0 Å². The SMILES string of the molecule is CCOC(=O)CCc1cc(OC(F)(F)F)ccc1C(O)C(=O)O. The summed E-state index contributed by atoms with van der Waals surface area (Å²) in [5, 5.41) is 18.4. The van der Waals surface area contributed by atoms with Crippen LogP contribution in [0.5, 0.6) is 5.75 Å². The highest BCUT2D eigenvalue weighted by Gasteiger charge is 2.31. The third kappa shape index (κ3) is 6.15. The minimum Gasteiger partial charge on any atom is -0.479 e. The van der Waals surface area contributed by atoms with E-state index in [1.807, 2.05) is 0 Å². The normalized spacial score (nSPS) is 12.6. The van der Waals surface area contributed by atoms with Crippen molar-refractivity contribution in [2.45, 2.75) is 32.2 Å². The quantitative estimate of drug-likeness (QED) is 0.742. The van der Waals surface area contributed by atoms with E-state index in [1.54, 1.807) is 6.92 Å². The Balaban J connectivity index is 3.05. The van der Waals surface area contributed by atoms with Gasteiger partial charge < -0.3 is 19.7 Å². The highest BCUT2D eigenvalue weighted by molar-refractivity contribution is 5.75. The lowest BCUT2D eigenvalue weighted by atomic mass is 9.98. The molecule has 0 saturated heterocycles. The number of aliphatic hydroxyl groups is 1. The topological polar surface area (TPSA) is 93.1 Å². The summed E-state index contributed by atoms with van der Waals surface area (Å²) >= 11 is 0. The molecule has 0 spiro atoms. The molecule has 23 heavy (non-hydrogen) atoms. The van der Waals surface area contributed by atoms with Crippen molar-refractivity contribution in [3.05, 3.63) is 29.3 Å². The predicted octanol–water partition coefficient (Wildman–Crippen LogP) is 2.20. The number of aliphatic carboxylic acids is 1. The van der Waals surface area contributed by atoms with Gasteiger partial charge in [-0.25, -0.2) is 4.79 Å². The lowest BCUT2D eigenvalue weighted by Gasteiger charge is -2.15. The first-order chi connectivity index (χ1) is 10.6. The molecule has 0 heterocycles. The smallest absolute Gasteiger partial charge is 0.479 e. The van der Waals surface area contributed by atoms with Crippen LogP contribution in [0.1, 0.15) is 30.6 Å². The number of hydrogen-bond donors (Lipinski definition) is 2. The molecule has 9 heteroatoms. The summed E-state index contributed by atoms with van der Waals surface area (Å²) in [5.41, 5.74) is -0.0639. The highest BCUT2D eigenvalue weighted by atomic mass is 19.4. The molecule has 0 aromatic heterocycles. The number of carbonyl (C=O) groups is 2. The number of aryl methyl sites for hydroxylation is 1. The number of carbonyl (C=O) groups excluding carboxylic acids is 1. The van der Waals surface area contributed by atoms with Crippen molar-refractivity contribution in [2.75, 3.05) is 6.61 Å².